The van der Waals surface area contributed by atoms with Gasteiger partial charge in [0.1, 0.15) is 5.75 Å². The Bertz CT molecular complexity index is 2170. The fraction of sp³-hybridized carbons (Fsp3) is 0.324. The maximum absolute atomic E-state index is 14.2. The van der Waals surface area contributed by atoms with E-state index in [-0.39, 0.29) is 52.0 Å². The molecular weight excluding hydrogens is 720 g/mol. The number of thioether (sulfide) groups is 1. The van der Waals surface area contributed by atoms with Gasteiger partial charge in [-0.25, -0.2) is 4.79 Å². The number of aromatic nitrogens is 1. The molecule has 15 heteroatoms. The first kappa shape index (κ1) is 34.2. The molecule has 8 rings (SSSR count). The first-order valence-corrected chi connectivity index (χ1v) is 18.4. The number of benzene rings is 3. The molecule has 6 unspecified atom stereocenters. The van der Waals surface area contributed by atoms with Crippen LogP contribution in [0.1, 0.15) is 45.6 Å². The van der Waals surface area contributed by atoms with Crippen molar-refractivity contribution in [3.8, 4) is 5.75 Å². The predicted octanol–water partition coefficient (Wildman–Crippen LogP) is 6.33. The predicted molar refractivity (Wildman–Crippen MR) is 185 cm³/mol. The number of ether oxygens (including phenoxy) is 2. The molecule has 3 amide bonds. The van der Waals surface area contributed by atoms with Crippen LogP contribution in [-0.4, -0.2) is 47.1 Å². The number of alkyl halides is 3. The van der Waals surface area contributed by atoms with Gasteiger partial charge in [0, 0.05) is 27.3 Å². The largest absolute Gasteiger partial charge is 0.483 e. The molecule has 268 valence electrons. The van der Waals surface area contributed by atoms with Gasteiger partial charge in [0.2, 0.25) is 11.8 Å². The monoisotopic (exact) mass is 749 g/mol. The minimum atomic E-state index is -4.57. The maximum Gasteiger partial charge on any atom is 0.416 e. The van der Waals surface area contributed by atoms with E-state index >= 15 is 0 Å². The van der Waals surface area contributed by atoms with Gasteiger partial charge in [-0.05, 0) is 79.6 Å². The number of nitrogens with zero attached hydrogens (tertiary/aromatic N) is 1. The Morgan fingerprint density at radius 2 is 1.69 bits per heavy atom. The number of thiazole rings is 1. The van der Waals surface area contributed by atoms with Gasteiger partial charge in [-0.3, -0.25) is 24.1 Å². The van der Waals surface area contributed by atoms with E-state index in [2.05, 4.69) is 10.3 Å². The first-order valence-electron chi connectivity index (χ1n) is 16.7. The Labute approximate surface area is 302 Å². The van der Waals surface area contributed by atoms with E-state index in [1.54, 1.807) is 31.2 Å². The summed E-state index contributed by atoms with van der Waals surface area (Å²) in [6.45, 7) is 1.43. The third kappa shape index (κ3) is 5.70. The molecular formula is C37H30F3N3O7S2. The van der Waals surface area contributed by atoms with E-state index in [0.717, 1.165) is 28.3 Å². The van der Waals surface area contributed by atoms with Gasteiger partial charge in [0.15, 0.2) is 6.61 Å². The van der Waals surface area contributed by atoms with Gasteiger partial charge >= 0.3 is 17.0 Å². The summed E-state index contributed by atoms with van der Waals surface area (Å²) in [5.41, 5.74) is 0.475. The lowest BCUT2D eigenvalue weighted by Crippen LogP contribution is -2.42. The normalized spacial score (nSPS) is 25.8. The number of fused-ring (bicyclic) bond motifs is 9. The van der Waals surface area contributed by atoms with Crippen LogP contribution in [0.5, 0.6) is 5.75 Å². The molecule has 4 aromatic rings. The summed E-state index contributed by atoms with van der Waals surface area (Å²) in [6, 6.07) is 17.6. The lowest BCUT2D eigenvalue weighted by Gasteiger charge is -2.43. The van der Waals surface area contributed by atoms with Crippen LogP contribution in [0, 0.1) is 29.6 Å². The summed E-state index contributed by atoms with van der Waals surface area (Å²) >= 11 is 2.61. The smallest absolute Gasteiger partial charge is 0.416 e. The van der Waals surface area contributed by atoms with Crippen LogP contribution in [0.3, 0.4) is 0 Å². The average Bonchev–Trinajstić information content (AvgIpc) is 3.86. The molecule has 3 fully saturated rings. The summed E-state index contributed by atoms with van der Waals surface area (Å²) in [6.07, 6.45) is -3.91. The van der Waals surface area contributed by atoms with Gasteiger partial charge < -0.3 is 19.8 Å². The Balaban J connectivity index is 1.07. The highest BCUT2D eigenvalue weighted by atomic mass is 32.2. The second kappa shape index (κ2) is 13.0. The molecule has 10 nitrogen and oxygen atoms in total. The van der Waals surface area contributed by atoms with Crippen molar-refractivity contribution in [2.24, 2.45) is 29.6 Å². The molecule has 4 aliphatic rings. The average molecular weight is 750 g/mol. The van der Waals surface area contributed by atoms with E-state index in [4.69, 9.17) is 9.47 Å². The number of esters is 1. The number of imide groups is 1. The fourth-order valence-electron chi connectivity index (χ4n) is 8.56. The Hall–Kier alpha value is -4.89. The standard InChI is InChI=1S/C37H30F3N3O7S2/c1-2-49-35(47)17-10-12-20(13-11-17)43-33(45)28-22-15-23(29(28)34(43)46)30-27(22)26(31-32(51-30)42-36(48)52-31)21-8-3-4-9-24(21)50-16-25(44)41-19-7-5-6-18(14-19)37(38,39)40/h3-14,22-23,26-30H,2,15-16H2,1H3,(H,41,44)(H,42,48)/t22?,23?,26-,27?,28?,29?,30?/m1/s1. The second-order valence-electron chi connectivity index (χ2n) is 13.2. The van der Waals surface area contributed by atoms with Gasteiger partial charge in [-0.2, -0.15) is 13.2 Å². The van der Waals surface area contributed by atoms with Crippen LogP contribution in [0.2, 0.25) is 0 Å². The Kier molecular flexibility index (Phi) is 8.52. The van der Waals surface area contributed by atoms with Crippen molar-refractivity contribution < 1.29 is 41.8 Å². The molecule has 0 spiro atoms. The molecule has 1 aromatic heterocycles. The number of aromatic amines is 1. The zero-order chi connectivity index (χ0) is 36.5. The molecule has 52 heavy (non-hydrogen) atoms. The van der Waals surface area contributed by atoms with E-state index in [1.807, 2.05) is 12.1 Å². The number of carbonyl (C=O) groups is 4. The number of para-hydroxylation sites is 1. The quantitative estimate of drug-likeness (QED) is 0.158. The number of halogens is 3. The van der Waals surface area contributed by atoms with Crippen molar-refractivity contribution >= 4 is 58.2 Å². The minimum absolute atomic E-state index is 0.0260. The summed E-state index contributed by atoms with van der Waals surface area (Å²) in [7, 11) is 0. The molecule has 0 radical (unpaired) electrons. The first-order chi connectivity index (χ1) is 24.9. The highest BCUT2D eigenvalue weighted by Gasteiger charge is 2.70. The molecule has 7 atom stereocenters. The second-order valence-corrected chi connectivity index (χ2v) is 15.4. The van der Waals surface area contributed by atoms with Crippen LogP contribution in [0.4, 0.5) is 24.5 Å². The lowest BCUT2D eigenvalue weighted by molar-refractivity contribution is -0.137. The third-order valence-corrected chi connectivity index (χ3v) is 13.0. The van der Waals surface area contributed by atoms with Crippen LogP contribution < -0.4 is 19.8 Å². The molecule has 2 saturated carbocycles. The van der Waals surface area contributed by atoms with Crippen molar-refractivity contribution in [3.63, 3.8) is 0 Å². The number of nitrogens with one attached hydrogen (secondary N) is 2. The SMILES string of the molecule is CCOC(=O)c1ccc(N2C(=O)C3C4CC(C3C2=O)C2C4Sc3[nH]c(=O)sc3[C@@H]2c2ccccc2OCC(=O)Nc2cccc(C(F)(F)F)c2)cc1. The summed E-state index contributed by atoms with van der Waals surface area (Å²) in [4.78, 5) is 70.8. The van der Waals surface area contributed by atoms with E-state index < -0.39 is 48.0 Å². The number of hydrogen-bond acceptors (Lipinski definition) is 9. The maximum atomic E-state index is 14.2. The Morgan fingerprint density at radius 3 is 2.42 bits per heavy atom. The number of anilines is 2. The van der Waals surface area contributed by atoms with E-state index in [1.165, 1.54) is 40.9 Å². The zero-order valence-corrected chi connectivity index (χ0v) is 29.0. The van der Waals surface area contributed by atoms with Gasteiger partial charge in [-0.1, -0.05) is 35.6 Å². The van der Waals surface area contributed by atoms with Gasteiger partial charge in [0.25, 0.3) is 5.91 Å². The highest BCUT2D eigenvalue weighted by molar-refractivity contribution is 8.00. The topological polar surface area (TPSA) is 135 Å². The molecule has 2 N–H and O–H groups in total. The lowest BCUT2D eigenvalue weighted by atomic mass is 9.68. The van der Waals surface area contributed by atoms with Crippen molar-refractivity contribution in [1.29, 1.82) is 0 Å². The van der Waals surface area contributed by atoms with E-state index in [9.17, 15) is 37.1 Å². The highest BCUT2D eigenvalue weighted by Crippen LogP contribution is 2.69. The Morgan fingerprint density at radius 1 is 0.962 bits per heavy atom. The summed E-state index contributed by atoms with van der Waals surface area (Å²) in [5, 5.41) is 3.06. The van der Waals surface area contributed by atoms with Crippen molar-refractivity contribution in [1.82, 2.24) is 4.98 Å². The molecule has 2 bridgehead atoms. The fourth-order valence-corrected chi connectivity index (χ4v) is 11.4. The summed E-state index contributed by atoms with van der Waals surface area (Å²) in [5.74, 6) is -3.36. The van der Waals surface area contributed by atoms with Crippen LogP contribution in [0.15, 0.2) is 82.6 Å². The number of amides is 3. The molecule has 3 heterocycles. The molecule has 2 aliphatic heterocycles. The van der Waals surface area contributed by atoms with Crippen molar-refractivity contribution in [2.75, 3.05) is 23.4 Å². The number of H-pyrrole nitrogens is 1. The number of rotatable bonds is 8. The zero-order valence-electron chi connectivity index (χ0n) is 27.3. The van der Waals surface area contributed by atoms with Gasteiger partial charge in [-0.15, -0.1) is 11.8 Å². The molecule has 1 saturated heterocycles. The third-order valence-electron chi connectivity index (χ3n) is 10.4. The minimum Gasteiger partial charge on any atom is -0.483 e. The van der Waals surface area contributed by atoms with Crippen LogP contribution in [0.25, 0.3) is 0 Å². The van der Waals surface area contributed by atoms with Crippen LogP contribution in [-0.2, 0) is 25.3 Å². The molecule has 2 aliphatic carbocycles. The van der Waals surface area contributed by atoms with Gasteiger partial charge in [0.05, 0.1) is 40.3 Å². The number of carbonyl (C=O) groups excluding carboxylic acids is 4. The number of hydrogen-bond donors (Lipinski definition) is 2. The van der Waals surface area contributed by atoms with Crippen LogP contribution >= 0.6 is 23.1 Å². The van der Waals surface area contributed by atoms with Crippen molar-refractivity contribution in [2.45, 2.75) is 35.7 Å². The summed E-state index contributed by atoms with van der Waals surface area (Å²) < 4.78 is 50.7. The van der Waals surface area contributed by atoms with E-state index in [0.29, 0.717) is 34.0 Å². The van der Waals surface area contributed by atoms with Crippen molar-refractivity contribution in [3.05, 3.63) is 104 Å². The molecule has 3 aromatic carbocycles.